The number of benzene rings is 1. The number of rotatable bonds is 4. The van der Waals surface area contributed by atoms with E-state index in [1.807, 2.05) is 19.9 Å². The second-order valence-corrected chi connectivity index (χ2v) is 6.03. The molecule has 0 bridgehead atoms. The quantitative estimate of drug-likeness (QED) is 0.791. The lowest BCUT2D eigenvalue weighted by Crippen LogP contribution is -2.02. The fourth-order valence-corrected chi connectivity index (χ4v) is 3.07. The fourth-order valence-electron chi connectivity index (χ4n) is 1.85. The predicted octanol–water partition coefficient (Wildman–Crippen LogP) is 4.27. The first-order chi connectivity index (χ1) is 9.47. The van der Waals surface area contributed by atoms with Crippen molar-refractivity contribution in [2.24, 2.45) is 0 Å². The highest BCUT2D eigenvalue weighted by atomic mass is 35.5. The molecule has 0 amide bonds. The standard InChI is InChI=1S/C15H15ClO3S/c1-8-5-14(20-9(8)2)15(17)10-6-12(18-3)13(19-4)7-11(10)16/h5-7H,1-4H3. The molecule has 0 aliphatic carbocycles. The van der Waals surface area contributed by atoms with Crippen LogP contribution in [0.1, 0.15) is 25.7 Å². The number of halogens is 1. The zero-order valence-corrected chi connectivity index (χ0v) is 13.3. The number of aryl methyl sites for hydroxylation is 2. The van der Waals surface area contributed by atoms with Crippen LogP contribution < -0.4 is 9.47 Å². The van der Waals surface area contributed by atoms with E-state index < -0.39 is 0 Å². The molecule has 0 fully saturated rings. The highest BCUT2D eigenvalue weighted by Crippen LogP contribution is 2.35. The highest BCUT2D eigenvalue weighted by Gasteiger charge is 2.19. The predicted molar refractivity (Wildman–Crippen MR) is 81.8 cm³/mol. The summed E-state index contributed by atoms with van der Waals surface area (Å²) in [5.41, 5.74) is 1.53. The molecular weight excluding hydrogens is 296 g/mol. The van der Waals surface area contributed by atoms with Gasteiger partial charge in [0.25, 0.3) is 0 Å². The van der Waals surface area contributed by atoms with E-state index >= 15 is 0 Å². The van der Waals surface area contributed by atoms with Gasteiger partial charge in [-0.1, -0.05) is 11.6 Å². The van der Waals surface area contributed by atoms with E-state index in [2.05, 4.69) is 0 Å². The van der Waals surface area contributed by atoms with Crippen molar-refractivity contribution in [2.45, 2.75) is 13.8 Å². The molecule has 1 aromatic heterocycles. The van der Waals surface area contributed by atoms with Gasteiger partial charge in [-0.3, -0.25) is 4.79 Å². The summed E-state index contributed by atoms with van der Waals surface area (Å²) >= 11 is 7.65. The first-order valence-electron chi connectivity index (χ1n) is 6.01. The zero-order valence-electron chi connectivity index (χ0n) is 11.7. The summed E-state index contributed by atoms with van der Waals surface area (Å²) in [6.45, 7) is 3.98. The van der Waals surface area contributed by atoms with E-state index in [0.717, 1.165) is 10.4 Å². The molecule has 0 saturated heterocycles. The third-order valence-electron chi connectivity index (χ3n) is 3.11. The van der Waals surface area contributed by atoms with Crippen molar-refractivity contribution in [1.82, 2.24) is 0 Å². The third kappa shape index (κ3) is 2.67. The molecule has 0 spiro atoms. The maximum absolute atomic E-state index is 12.5. The van der Waals surface area contributed by atoms with Crippen molar-refractivity contribution >= 4 is 28.7 Å². The summed E-state index contributed by atoms with van der Waals surface area (Å²) in [7, 11) is 3.06. The molecule has 1 heterocycles. The lowest BCUT2D eigenvalue weighted by molar-refractivity contribution is 0.104. The molecule has 0 N–H and O–H groups in total. The summed E-state index contributed by atoms with van der Waals surface area (Å²) in [6, 6.07) is 5.10. The molecule has 5 heteroatoms. The minimum Gasteiger partial charge on any atom is -0.493 e. The van der Waals surface area contributed by atoms with Gasteiger partial charge in [0.15, 0.2) is 11.5 Å². The number of methoxy groups -OCH3 is 2. The topological polar surface area (TPSA) is 35.5 Å². The van der Waals surface area contributed by atoms with E-state index in [4.69, 9.17) is 21.1 Å². The molecule has 106 valence electrons. The van der Waals surface area contributed by atoms with Crippen molar-refractivity contribution < 1.29 is 14.3 Å². The van der Waals surface area contributed by atoms with E-state index in [1.165, 1.54) is 25.6 Å². The molecule has 2 aromatic rings. The fraction of sp³-hybridized carbons (Fsp3) is 0.267. The average molecular weight is 311 g/mol. The molecule has 0 aliphatic rings. The molecule has 0 unspecified atom stereocenters. The van der Waals surface area contributed by atoms with Crippen LogP contribution in [-0.2, 0) is 0 Å². The Morgan fingerprint density at radius 3 is 2.20 bits per heavy atom. The van der Waals surface area contributed by atoms with Gasteiger partial charge in [0.1, 0.15) is 0 Å². The molecule has 0 saturated carbocycles. The van der Waals surface area contributed by atoms with E-state index in [1.54, 1.807) is 12.1 Å². The molecule has 0 atom stereocenters. The zero-order chi connectivity index (χ0) is 14.9. The summed E-state index contributed by atoms with van der Waals surface area (Å²) < 4.78 is 10.4. The van der Waals surface area contributed by atoms with Crippen LogP contribution in [0.25, 0.3) is 0 Å². The maximum Gasteiger partial charge on any atom is 0.204 e. The smallest absolute Gasteiger partial charge is 0.204 e. The van der Waals surface area contributed by atoms with Crippen molar-refractivity contribution in [3.8, 4) is 11.5 Å². The van der Waals surface area contributed by atoms with E-state index in [-0.39, 0.29) is 5.78 Å². The lowest BCUT2D eigenvalue weighted by Gasteiger charge is -2.10. The van der Waals surface area contributed by atoms with Crippen LogP contribution in [0.15, 0.2) is 18.2 Å². The monoisotopic (exact) mass is 310 g/mol. The summed E-state index contributed by atoms with van der Waals surface area (Å²) in [5, 5.41) is 0.358. The first-order valence-corrected chi connectivity index (χ1v) is 7.20. The Morgan fingerprint density at radius 2 is 1.70 bits per heavy atom. The van der Waals surface area contributed by atoms with Crippen molar-refractivity contribution in [3.05, 3.63) is 44.1 Å². The molecule has 0 aliphatic heterocycles. The van der Waals surface area contributed by atoms with Crippen molar-refractivity contribution in [1.29, 1.82) is 0 Å². The van der Waals surface area contributed by atoms with Crippen molar-refractivity contribution in [2.75, 3.05) is 14.2 Å². The maximum atomic E-state index is 12.5. The average Bonchev–Trinajstić information content (AvgIpc) is 2.77. The number of hydrogen-bond acceptors (Lipinski definition) is 4. The number of ether oxygens (including phenoxy) is 2. The molecule has 20 heavy (non-hydrogen) atoms. The van der Waals surface area contributed by atoms with Crippen LogP contribution >= 0.6 is 22.9 Å². The number of ketones is 1. The lowest BCUT2D eigenvalue weighted by atomic mass is 10.1. The second-order valence-electron chi connectivity index (χ2n) is 4.37. The number of carbonyl (C=O) groups is 1. The molecular formula is C15H15ClO3S. The van der Waals surface area contributed by atoms with Crippen LogP contribution in [0, 0.1) is 13.8 Å². The van der Waals surface area contributed by atoms with Gasteiger partial charge in [-0.2, -0.15) is 0 Å². The van der Waals surface area contributed by atoms with Crippen LogP contribution in [0.4, 0.5) is 0 Å². The normalized spacial score (nSPS) is 10.4. The van der Waals surface area contributed by atoms with Gasteiger partial charge < -0.3 is 9.47 Å². The largest absolute Gasteiger partial charge is 0.493 e. The Kier molecular flexibility index (Phi) is 4.35. The Bertz CT molecular complexity index is 642. The summed E-state index contributed by atoms with van der Waals surface area (Å²) in [6.07, 6.45) is 0. The van der Waals surface area contributed by atoms with Gasteiger partial charge in [0.05, 0.1) is 24.1 Å². The Morgan fingerprint density at radius 1 is 1.10 bits per heavy atom. The van der Waals surface area contributed by atoms with Crippen molar-refractivity contribution in [3.63, 3.8) is 0 Å². The van der Waals surface area contributed by atoms with Gasteiger partial charge >= 0.3 is 0 Å². The Labute approximate surface area is 127 Å². The Balaban J connectivity index is 2.49. The van der Waals surface area contributed by atoms with Gasteiger partial charge in [-0.15, -0.1) is 11.3 Å². The summed E-state index contributed by atoms with van der Waals surface area (Å²) in [5.74, 6) is 0.898. The summed E-state index contributed by atoms with van der Waals surface area (Å²) in [4.78, 5) is 14.3. The second kappa shape index (κ2) is 5.85. The van der Waals surface area contributed by atoms with Crippen LogP contribution in [-0.4, -0.2) is 20.0 Å². The minimum absolute atomic E-state index is 0.0999. The molecule has 1 aromatic carbocycles. The minimum atomic E-state index is -0.0999. The molecule has 3 nitrogen and oxygen atoms in total. The van der Waals surface area contributed by atoms with Gasteiger partial charge in [0.2, 0.25) is 5.78 Å². The SMILES string of the molecule is COc1cc(Cl)c(C(=O)c2cc(C)c(C)s2)cc1OC. The van der Waals surface area contributed by atoms with Gasteiger partial charge in [0, 0.05) is 16.5 Å². The number of thiophene rings is 1. The van der Waals surface area contributed by atoms with E-state index in [9.17, 15) is 4.79 Å². The van der Waals surface area contributed by atoms with Crippen LogP contribution in [0.3, 0.4) is 0 Å². The van der Waals surface area contributed by atoms with Crippen LogP contribution in [0.5, 0.6) is 11.5 Å². The van der Waals surface area contributed by atoms with Crippen LogP contribution in [0.2, 0.25) is 5.02 Å². The molecule has 0 radical (unpaired) electrons. The number of hydrogen-bond donors (Lipinski definition) is 0. The van der Waals surface area contributed by atoms with Gasteiger partial charge in [-0.25, -0.2) is 0 Å². The Hall–Kier alpha value is -1.52. The highest BCUT2D eigenvalue weighted by molar-refractivity contribution is 7.14. The number of carbonyl (C=O) groups excluding carboxylic acids is 1. The third-order valence-corrected chi connectivity index (χ3v) is 4.57. The van der Waals surface area contributed by atoms with E-state index in [0.29, 0.717) is 27.0 Å². The molecule has 2 rings (SSSR count). The first kappa shape index (κ1) is 14.9. The van der Waals surface area contributed by atoms with Gasteiger partial charge in [-0.05, 0) is 31.5 Å².